The highest BCUT2D eigenvalue weighted by atomic mass is 16.3. The van der Waals surface area contributed by atoms with Gasteiger partial charge in [0.15, 0.2) is 0 Å². The summed E-state index contributed by atoms with van der Waals surface area (Å²) in [5, 5.41) is 15.1. The third kappa shape index (κ3) is 3.66. The number of fused-ring (bicyclic) bond motifs is 1. The summed E-state index contributed by atoms with van der Waals surface area (Å²) in [5.41, 5.74) is 1.45. The number of aliphatic hydroxyl groups excluding tert-OH is 1. The van der Waals surface area contributed by atoms with Crippen LogP contribution in [0.5, 0.6) is 0 Å². The van der Waals surface area contributed by atoms with Gasteiger partial charge in [-0.3, -0.25) is 9.59 Å². The van der Waals surface area contributed by atoms with E-state index in [1.54, 1.807) is 18.2 Å². The molecule has 4 N–H and O–H groups in total. The first-order valence-electron chi connectivity index (χ1n) is 8.60. The van der Waals surface area contributed by atoms with E-state index in [0.717, 1.165) is 23.9 Å². The van der Waals surface area contributed by atoms with Gasteiger partial charge in [0.2, 0.25) is 5.91 Å². The topological polar surface area (TPSA) is 107 Å². The van der Waals surface area contributed by atoms with Crippen LogP contribution >= 0.6 is 0 Å². The van der Waals surface area contributed by atoms with Gasteiger partial charge in [-0.25, -0.2) is 4.98 Å². The van der Waals surface area contributed by atoms with Crippen molar-refractivity contribution < 1.29 is 14.7 Å². The maximum atomic E-state index is 12.5. The highest BCUT2D eigenvalue weighted by molar-refractivity contribution is 5.99. The van der Waals surface area contributed by atoms with Crippen molar-refractivity contribution in [2.75, 3.05) is 13.2 Å². The normalized spacial score (nSPS) is 18.7. The minimum Gasteiger partial charge on any atom is -0.395 e. The van der Waals surface area contributed by atoms with Gasteiger partial charge in [0.25, 0.3) is 5.91 Å². The Morgan fingerprint density at radius 3 is 2.96 bits per heavy atom. The molecule has 25 heavy (non-hydrogen) atoms. The average Bonchev–Trinajstić information content (AvgIpc) is 2.94. The third-order valence-electron chi connectivity index (χ3n) is 4.62. The first-order chi connectivity index (χ1) is 11.9. The van der Waals surface area contributed by atoms with Crippen molar-refractivity contribution in [1.29, 1.82) is 0 Å². The molecule has 1 aliphatic heterocycles. The lowest BCUT2D eigenvalue weighted by molar-refractivity contribution is -0.122. The molecule has 0 radical (unpaired) electrons. The summed E-state index contributed by atoms with van der Waals surface area (Å²) in [7, 11) is 0. The molecule has 1 atom stereocenters. The van der Waals surface area contributed by atoms with Crippen LogP contribution in [0.15, 0.2) is 18.2 Å². The number of hydrogen-bond acceptors (Lipinski definition) is 4. The van der Waals surface area contributed by atoms with Gasteiger partial charge in [0.1, 0.15) is 11.9 Å². The Kier molecular flexibility index (Phi) is 4.76. The van der Waals surface area contributed by atoms with E-state index in [0.29, 0.717) is 24.4 Å². The summed E-state index contributed by atoms with van der Waals surface area (Å²) in [6.07, 6.45) is 2.49. The number of rotatable bonds is 4. The van der Waals surface area contributed by atoms with Gasteiger partial charge in [-0.1, -0.05) is 13.8 Å². The predicted molar refractivity (Wildman–Crippen MR) is 94.3 cm³/mol. The number of hydrogen-bond donors (Lipinski definition) is 4. The molecule has 1 aromatic carbocycles. The first-order valence-corrected chi connectivity index (χ1v) is 8.60. The maximum Gasteiger partial charge on any atom is 0.252 e. The molecule has 3 rings (SSSR count). The van der Waals surface area contributed by atoms with Crippen LogP contribution in [0.25, 0.3) is 11.0 Å². The molecule has 7 heteroatoms. The van der Waals surface area contributed by atoms with E-state index in [-0.39, 0.29) is 18.4 Å². The van der Waals surface area contributed by atoms with Gasteiger partial charge < -0.3 is 20.7 Å². The quantitative estimate of drug-likeness (QED) is 0.669. The fourth-order valence-corrected chi connectivity index (χ4v) is 2.86. The van der Waals surface area contributed by atoms with Crippen molar-refractivity contribution in [3.05, 3.63) is 29.6 Å². The van der Waals surface area contributed by atoms with Crippen molar-refractivity contribution >= 4 is 22.8 Å². The molecule has 0 spiro atoms. The Morgan fingerprint density at radius 1 is 1.40 bits per heavy atom. The van der Waals surface area contributed by atoms with Crippen molar-refractivity contribution in [2.45, 2.75) is 44.6 Å². The van der Waals surface area contributed by atoms with E-state index in [1.165, 1.54) is 0 Å². The highest BCUT2D eigenvalue weighted by Crippen LogP contribution is 2.23. The van der Waals surface area contributed by atoms with E-state index in [1.807, 2.05) is 13.8 Å². The number of imidazole rings is 1. The molecule has 7 nitrogen and oxygen atoms in total. The van der Waals surface area contributed by atoms with Gasteiger partial charge >= 0.3 is 0 Å². The van der Waals surface area contributed by atoms with Gasteiger partial charge in [0, 0.05) is 17.5 Å². The van der Waals surface area contributed by atoms with Crippen LogP contribution in [0, 0.1) is 0 Å². The monoisotopic (exact) mass is 344 g/mol. The first kappa shape index (κ1) is 17.4. The summed E-state index contributed by atoms with van der Waals surface area (Å²) in [4.78, 5) is 32.1. The second kappa shape index (κ2) is 6.84. The number of nitrogens with one attached hydrogen (secondary N) is 3. The van der Waals surface area contributed by atoms with Gasteiger partial charge in [-0.05, 0) is 37.5 Å². The molecule has 1 unspecified atom stereocenters. The molecule has 0 saturated carbocycles. The molecular formula is C18H24N4O3. The molecule has 0 aliphatic carbocycles. The second-order valence-electron chi connectivity index (χ2n) is 7.17. The molecule has 2 heterocycles. The maximum absolute atomic E-state index is 12.5. The zero-order valence-electron chi connectivity index (χ0n) is 14.6. The minimum atomic E-state index is -0.489. The van der Waals surface area contributed by atoms with E-state index in [4.69, 9.17) is 0 Å². The van der Waals surface area contributed by atoms with Crippen LogP contribution in [-0.2, 0) is 10.2 Å². The summed E-state index contributed by atoms with van der Waals surface area (Å²) >= 11 is 0. The molecule has 1 fully saturated rings. The Bertz CT molecular complexity index is 797. The third-order valence-corrected chi connectivity index (χ3v) is 4.62. The van der Waals surface area contributed by atoms with Crippen molar-refractivity contribution in [1.82, 2.24) is 20.6 Å². The number of aliphatic hydroxyl groups is 1. The zero-order valence-corrected chi connectivity index (χ0v) is 14.6. The standard InChI is InChI=1S/C18H24N4O3/c1-18(2,10-23)17-21-12-7-6-11(9-14(12)22-17)15(24)20-13-5-3-4-8-19-16(13)25/h6-7,9,13,23H,3-5,8,10H2,1-2H3,(H,19,25)(H,20,24)(H,21,22). The number of aromatic amines is 1. The number of aromatic nitrogens is 2. The minimum absolute atomic E-state index is 0.0308. The Morgan fingerprint density at radius 2 is 2.20 bits per heavy atom. The molecule has 134 valence electrons. The number of carbonyl (C=O) groups excluding carboxylic acids is 2. The number of amides is 2. The Balaban J connectivity index is 1.81. The average molecular weight is 344 g/mol. The van der Waals surface area contributed by atoms with Crippen LogP contribution < -0.4 is 10.6 Å². The van der Waals surface area contributed by atoms with E-state index in [2.05, 4.69) is 20.6 Å². The lowest BCUT2D eigenvalue weighted by Gasteiger charge is -2.17. The molecular weight excluding hydrogens is 320 g/mol. The fraction of sp³-hybridized carbons (Fsp3) is 0.500. The smallest absolute Gasteiger partial charge is 0.252 e. The van der Waals surface area contributed by atoms with E-state index < -0.39 is 11.5 Å². The van der Waals surface area contributed by atoms with Crippen molar-refractivity contribution in [3.63, 3.8) is 0 Å². The number of H-pyrrole nitrogens is 1. The van der Waals surface area contributed by atoms with Crippen LogP contribution in [0.2, 0.25) is 0 Å². The molecule has 2 aromatic rings. The van der Waals surface area contributed by atoms with Crippen molar-refractivity contribution in [3.8, 4) is 0 Å². The molecule has 2 amide bonds. The van der Waals surface area contributed by atoms with E-state index in [9.17, 15) is 14.7 Å². The van der Waals surface area contributed by atoms with Crippen molar-refractivity contribution in [2.24, 2.45) is 0 Å². The summed E-state index contributed by atoms with van der Waals surface area (Å²) < 4.78 is 0. The summed E-state index contributed by atoms with van der Waals surface area (Å²) in [6, 6.07) is 4.70. The molecule has 1 aliphatic rings. The lowest BCUT2D eigenvalue weighted by atomic mass is 9.94. The molecule has 1 saturated heterocycles. The van der Waals surface area contributed by atoms with E-state index >= 15 is 0 Å². The second-order valence-corrected chi connectivity index (χ2v) is 7.17. The van der Waals surface area contributed by atoms with Crippen LogP contribution in [0.1, 0.15) is 49.3 Å². The van der Waals surface area contributed by atoms with Crippen LogP contribution in [0.3, 0.4) is 0 Å². The van der Waals surface area contributed by atoms with Gasteiger partial charge in [-0.15, -0.1) is 0 Å². The largest absolute Gasteiger partial charge is 0.395 e. The molecule has 0 bridgehead atoms. The SMILES string of the molecule is CC(C)(CO)c1nc2ccc(C(=O)NC3CCCCNC3=O)cc2[nH]1. The zero-order chi connectivity index (χ0) is 18.0. The van der Waals surface area contributed by atoms with Crippen LogP contribution in [0.4, 0.5) is 0 Å². The lowest BCUT2D eigenvalue weighted by Crippen LogP contribution is -2.45. The van der Waals surface area contributed by atoms with Gasteiger partial charge in [-0.2, -0.15) is 0 Å². The number of carbonyl (C=O) groups is 2. The number of benzene rings is 1. The summed E-state index contributed by atoms with van der Waals surface area (Å²) in [6.45, 7) is 4.41. The highest BCUT2D eigenvalue weighted by Gasteiger charge is 2.25. The Labute approximate surface area is 146 Å². The predicted octanol–water partition coefficient (Wildman–Crippen LogP) is 1.23. The summed E-state index contributed by atoms with van der Waals surface area (Å²) in [5.74, 6) is 0.271. The van der Waals surface area contributed by atoms with Gasteiger partial charge in [0.05, 0.1) is 17.6 Å². The fourth-order valence-electron chi connectivity index (χ4n) is 2.86. The molecule has 1 aromatic heterocycles. The van der Waals surface area contributed by atoms with Crippen LogP contribution in [-0.4, -0.2) is 46.1 Å². The Hall–Kier alpha value is -2.41. The number of nitrogens with zero attached hydrogens (tertiary/aromatic N) is 1.